The summed E-state index contributed by atoms with van der Waals surface area (Å²) in [5.74, 6) is -1.12. The molecule has 3 aromatic rings. The number of halogens is 2. The second-order valence-electron chi connectivity index (χ2n) is 8.15. The van der Waals surface area contributed by atoms with Crippen LogP contribution in [0.3, 0.4) is 0 Å². The molecule has 2 bridgehead atoms. The number of hydrogen-bond acceptors (Lipinski definition) is 3. The summed E-state index contributed by atoms with van der Waals surface area (Å²) >= 11 is 8.03. The van der Waals surface area contributed by atoms with E-state index >= 15 is 0 Å². The average Bonchev–Trinajstić information content (AvgIpc) is 3.08. The fourth-order valence-electron chi connectivity index (χ4n) is 5.72. The third-order valence-corrected chi connectivity index (χ3v) is 9.61. The van der Waals surface area contributed by atoms with Gasteiger partial charge in [-0.25, -0.2) is 4.90 Å². The highest BCUT2D eigenvalue weighted by molar-refractivity contribution is 9.10. The van der Waals surface area contributed by atoms with Crippen LogP contribution in [-0.2, 0) is 18.2 Å². The maximum atomic E-state index is 14.0. The normalized spacial score (nSPS) is 30.1. The van der Waals surface area contributed by atoms with Crippen molar-refractivity contribution in [2.45, 2.75) is 8.65 Å². The van der Waals surface area contributed by atoms with Gasteiger partial charge < -0.3 is 4.74 Å². The number of carbonyl (C=O) groups excluding carboxylic acids is 2. The molecule has 0 aromatic heterocycles. The first-order valence-corrected chi connectivity index (χ1v) is 11.6. The lowest BCUT2D eigenvalue weighted by atomic mass is 9.54. The highest BCUT2D eigenvalue weighted by Crippen LogP contribution is 2.71. The van der Waals surface area contributed by atoms with Gasteiger partial charge in [-0.05, 0) is 34.4 Å². The lowest BCUT2D eigenvalue weighted by molar-refractivity contribution is -0.122. The lowest BCUT2D eigenvalue weighted by Crippen LogP contribution is -2.56. The fraction of sp³-hybridized carbons (Fsp3) is 0.200. The lowest BCUT2D eigenvalue weighted by Gasteiger charge is -2.55. The number of carbonyl (C=O) groups is 2. The third-order valence-electron chi connectivity index (χ3n) is 6.91. The predicted octanol–water partition coefficient (Wildman–Crippen LogP) is 5.11. The Balaban J connectivity index is 1.66. The van der Waals surface area contributed by atoms with Gasteiger partial charge >= 0.3 is 0 Å². The minimum Gasteiger partial charge on any atom is -0.495 e. The van der Waals surface area contributed by atoms with Crippen LogP contribution in [-0.4, -0.2) is 18.9 Å². The second kappa shape index (κ2) is 6.30. The zero-order valence-electron chi connectivity index (χ0n) is 16.5. The maximum Gasteiger partial charge on any atom is 0.240 e. The van der Waals surface area contributed by atoms with E-state index in [0.29, 0.717) is 11.4 Å². The van der Waals surface area contributed by atoms with Gasteiger partial charge in [-0.1, -0.05) is 92.5 Å². The molecule has 0 spiro atoms. The summed E-state index contributed by atoms with van der Waals surface area (Å²) in [6, 6.07) is 23.3. The van der Waals surface area contributed by atoms with Crippen LogP contribution < -0.4 is 9.64 Å². The van der Waals surface area contributed by atoms with Crippen LogP contribution >= 0.6 is 31.9 Å². The number of imide groups is 1. The van der Waals surface area contributed by atoms with Crippen LogP contribution in [0.2, 0.25) is 0 Å². The Morgan fingerprint density at radius 3 is 1.52 bits per heavy atom. The van der Waals surface area contributed by atoms with Crippen LogP contribution in [0.15, 0.2) is 72.8 Å². The number of rotatable bonds is 2. The van der Waals surface area contributed by atoms with Gasteiger partial charge in [-0.15, -0.1) is 0 Å². The van der Waals surface area contributed by atoms with E-state index < -0.39 is 20.5 Å². The highest BCUT2D eigenvalue weighted by atomic mass is 79.9. The monoisotopic (exact) mass is 537 g/mol. The highest BCUT2D eigenvalue weighted by Gasteiger charge is 2.72. The number of benzene rings is 3. The minimum absolute atomic E-state index is 0.218. The van der Waals surface area contributed by atoms with Crippen molar-refractivity contribution >= 4 is 49.4 Å². The van der Waals surface area contributed by atoms with Gasteiger partial charge in [0, 0.05) is 0 Å². The number of amides is 2. The van der Waals surface area contributed by atoms with Crippen molar-refractivity contribution in [3.05, 3.63) is 95.1 Å². The van der Waals surface area contributed by atoms with Gasteiger partial charge in [-0.2, -0.15) is 0 Å². The Kier molecular flexibility index (Phi) is 3.91. The molecule has 154 valence electrons. The van der Waals surface area contributed by atoms with E-state index in [1.807, 2.05) is 36.4 Å². The summed E-state index contributed by atoms with van der Waals surface area (Å²) in [5.41, 5.74) is 4.57. The first kappa shape index (κ1) is 19.3. The first-order valence-electron chi connectivity index (χ1n) is 10.0. The molecule has 1 fully saturated rings. The van der Waals surface area contributed by atoms with Gasteiger partial charge in [0.15, 0.2) is 0 Å². The number of methoxy groups -OCH3 is 1. The van der Waals surface area contributed by atoms with E-state index in [2.05, 4.69) is 56.1 Å². The van der Waals surface area contributed by atoms with Crippen molar-refractivity contribution in [2.75, 3.05) is 12.0 Å². The van der Waals surface area contributed by atoms with Crippen LogP contribution in [0.25, 0.3) is 0 Å². The van der Waals surface area contributed by atoms with Gasteiger partial charge in [0.25, 0.3) is 0 Å². The van der Waals surface area contributed by atoms with E-state index in [4.69, 9.17) is 4.74 Å². The standard InChI is InChI=1S/C25H17Br2NO3/c1-31-19-13-7-6-12-18(19)28-22(29)20-21(23(28)30)25(27)15-9-3-2-8-14(15)24(20,26)16-10-4-5-11-17(16)25/h2-13,20-21H,1H3/t20-,21-,24?,25?/m1/s1. The Morgan fingerprint density at radius 2 is 1.10 bits per heavy atom. The van der Waals surface area contributed by atoms with Gasteiger partial charge in [0.2, 0.25) is 11.8 Å². The predicted molar refractivity (Wildman–Crippen MR) is 125 cm³/mol. The Hall–Kier alpha value is -2.44. The topological polar surface area (TPSA) is 46.6 Å². The van der Waals surface area contributed by atoms with E-state index in [1.165, 1.54) is 4.90 Å². The summed E-state index contributed by atoms with van der Waals surface area (Å²) in [6.07, 6.45) is 0. The van der Waals surface area contributed by atoms with Crippen LogP contribution in [0.4, 0.5) is 5.69 Å². The van der Waals surface area contributed by atoms with Crippen molar-refractivity contribution in [3.63, 3.8) is 0 Å². The quantitative estimate of drug-likeness (QED) is 0.336. The number of hydrogen-bond donors (Lipinski definition) is 0. The van der Waals surface area contributed by atoms with Crippen molar-refractivity contribution in [1.82, 2.24) is 0 Å². The van der Waals surface area contributed by atoms with Crippen LogP contribution in [0.5, 0.6) is 5.75 Å². The molecule has 0 N–H and O–H groups in total. The average molecular weight is 539 g/mol. The SMILES string of the molecule is COc1ccccc1N1C(=O)[C@H]2[C@H](C1=O)C1(Br)c3ccccc3C2(Br)c2ccccc21. The molecule has 7 rings (SSSR count). The van der Waals surface area contributed by atoms with E-state index in [-0.39, 0.29) is 11.8 Å². The zero-order valence-corrected chi connectivity index (χ0v) is 19.7. The molecule has 0 unspecified atom stereocenters. The second-order valence-corrected chi connectivity index (χ2v) is 10.7. The van der Waals surface area contributed by atoms with Gasteiger partial charge in [0.05, 0.1) is 33.3 Å². The molecule has 3 aromatic carbocycles. The summed E-state index contributed by atoms with van der Waals surface area (Å²) in [6.45, 7) is 0. The molecule has 1 saturated heterocycles. The molecule has 3 aliphatic carbocycles. The van der Waals surface area contributed by atoms with E-state index in [0.717, 1.165) is 22.3 Å². The van der Waals surface area contributed by atoms with Crippen molar-refractivity contribution < 1.29 is 14.3 Å². The van der Waals surface area contributed by atoms with E-state index in [9.17, 15) is 9.59 Å². The molecule has 1 heterocycles. The molecule has 4 nitrogen and oxygen atoms in total. The van der Waals surface area contributed by atoms with E-state index in [1.54, 1.807) is 19.2 Å². The molecule has 0 radical (unpaired) electrons. The molecule has 2 amide bonds. The fourth-order valence-corrected chi connectivity index (χ4v) is 8.02. The number of anilines is 1. The molecular weight excluding hydrogens is 522 g/mol. The zero-order chi connectivity index (χ0) is 21.5. The number of para-hydroxylation sites is 2. The number of nitrogens with zero attached hydrogens (tertiary/aromatic N) is 1. The Bertz CT molecular complexity index is 1170. The summed E-state index contributed by atoms with van der Waals surface area (Å²) in [4.78, 5) is 29.3. The van der Waals surface area contributed by atoms with Crippen molar-refractivity contribution in [3.8, 4) is 5.75 Å². The summed E-state index contributed by atoms with van der Waals surface area (Å²) in [5, 5.41) is 0. The Labute approximate surface area is 196 Å². The smallest absolute Gasteiger partial charge is 0.240 e. The largest absolute Gasteiger partial charge is 0.495 e. The molecule has 0 saturated carbocycles. The molecule has 2 atom stereocenters. The van der Waals surface area contributed by atoms with Crippen molar-refractivity contribution in [1.29, 1.82) is 0 Å². The first-order chi connectivity index (χ1) is 15.0. The van der Waals surface area contributed by atoms with Gasteiger partial charge in [0.1, 0.15) is 5.75 Å². The number of alkyl halides is 2. The minimum atomic E-state index is -0.788. The molecule has 1 aliphatic heterocycles. The van der Waals surface area contributed by atoms with Crippen molar-refractivity contribution in [2.24, 2.45) is 11.8 Å². The third kappa shape index (κ3) is 2.10. The van der Waals surface area contributed by atoms with Crippen LogP contribution in [0.1, 0.15) is 22.3 Å². The van der Waals surface area contributed by atoms with Gasteiger partial charge in [-0.3, -0.25) is 9.59 Å². The Morgan fingerprint density at radius 1 is 0.710 bits per heavy atom. The van der Waals surface area contributed by atoms with Crippen LogP contribution in [0, 0.1) is 11.8 Å². The molecule has 6 heteroatoms. The molecule has 31 heavy (non-hydrogen) atoms. The molecular formula is C25H17Br2NO3. The molecule has 4 aliphatic rings. The number of ether oxygens (including phenoxy) is 1. The summed E-state index contributed by atoms with van der Waals surface area (Å²) < 4.78 is 3.91. The maximum absolute atomic E-state index is 14.0. The summed E-state index contributed by atoms with van der Waals surface area (Å²) in [7, 11) is 1.55.